The highest BCUT2D eigenvalue weighted by Crippen LogP contribution is 2.36. The summed E-state index contributed by atoms with van der Waals surface area (Å²) in [6, 6.07) is 3.06. The van der Waals surface area contributed by atoms with E-state index in [2.05, 4.69) is 5.10 Å². The number of carbonyl (C=O) groups excluding carboxylic acids is 3. The predicted octanol–water partition coefficient (Wildman–Crippen LogP) is 0.141. The molecule has 0 bridgehead atoms. The van der Waals surface area contributed by atoms with Crippen molar-refractivity contribution in [3.63, 3.8) is 0 Å². The van der Waals surface area contributed by atoms with Gasteiger partial charge in [-0.1, -0.05) is 11.6 Å². The number of rotatable bonds is 7. The van der Waals surface area contributed by atoms with Gasteiger partial charge in [-0.25, -0.2) is 5.43 Å². The van der Waals surface area contributed by atoms with E-state index in [0.717, 1.165) is 0 Å². The van der Waals surface area contributed by atoms with Crippen molar-refractivity contribution in [3.05, 3.63) is 22.7 Å². The molecule has 0 saturated carbocycles. The lowest BCUT2D eigenvalue weighted by Gasteiger charge is -2.16. The molecule has 0 fully saturated rings. The van der Waals surface area contributed by atoms with Crippen LogP contribution in [-0.4, -0.2) is 56.1 Å². The van der Waals surface area contributed by atoms with E-state index < -0.39 is 11.8 Å². The second-order valence-electron chi connectivity index (χ2n) is 4.90. The Hall–Kier alpha value is -2.81. The van der Waals surface area contributed by atoms with Gasteiger partial charge in [0.05, 0.1) is 17.8 Å². The summed E-state index contributed by atoms with van der Waals surface area (Å²) in [5.74, 6) is -1.91. The number of hydrogen-bond acceptors (Lipinski definition) is 6. The molecule has 0 spiro atoms. The molecule has 0 atom stereocenters. The number of hydrogen-bond donors (Lipinski definition) is 2. The average molecular weight is 371 g/mol. The number of carbonyl (C=O) groups is 3. The molecular formula is C15H19ClN4O5. The molecule has 0 saturated heterocycles. The van der Waals surface area contributed by atoms with Crippen LogP contribution in [0.5, 0.6) is 11.5 Å². The number of nitrogens with zero attached hydrogens (tertiary/aromatic N) is 2. The lowest BCUT2D eigenvalue weighted by molar-refractivity contribution is -0.137. The van der Waals surface area contributed by atoms with Crippen molar-refractivity contribution in [2.24, 2.45) is 10.8 Å². The Balaban J connectivity index is 2.97. The third-order valence-electron chi connectivity index (χ3n) is 2.77. The van der Waals surface area contributed by atoms with E-state index in [4.69, 9.17) is 26.8 Å². The zero-order valence-corrected chi connectivity index (χ0v) is 14.8. The summed E-state index contributed by atoms with van der Waals surface area (Å²) in [7, 11) is 3.22. The van der Waals surface area contributed by atoms with Crippen molar-refractivity contribution in [2.75, 3.05) is 27.3 Å². The Bertz CT molecular complexity index is 691. The van der Waals surface area contributed by atoms with E-state index in [0.29, 0.717) is 17.9 Å². The molecule has 10 heteroatoms. The zero-order chi connectivity index (χ0) is 19.0. The van der Waals surface area contributed by atoms with Crippen molar-refractivity contribution in [1.82, 2.24) is 10.3 Å². The van der Waals surface area contributed by atoms with Gasteiger partial charge in [0, 0.05) is 14.1 Å². The fourth-order valence-corrected chi connectivity index (χ4v) is 1.82. The maximum Gasteiger partial charge on any atom is 0.329 e. The summed E-state index contributed by atoms with van der Waals surface area (Å²) < 4.78 is 10.9. The Morgan fingerprint density at radius 2 is 2.00 bits per heavy atom. The summed E-state index contributed by atoms with van der Waals surface area (Å²) in [4.78, 5) is 34.7. The van der Waals surface area contributed by atoms with Gasteiger partial charge in [0.1, 0.15) is 0 Å². The van der Waals surface area contributed by atoms with E-state index >= 15 is 0 Å². The molecule has 3 amide bonds. The second-order valence-corrected chi connectivity index (χ2v) is 5.31. The molecule has 1 rings (SSSR count). The fourth-order valence-electron chi connectivity index (χ4n) is 1.55. The monoisotopic (exact) mass is 370 g/mol. The Kier molecular flexibility index (Phi) is 7.67. The van der Waals surface area contributed by atoms with Gasteiger partial charge in [-0.05, 0) is 24.6 Å². The molecule has 1 aromatic rings. The number of hydrazone groups is 1. The normalized spacial score (nSPS) is 10.4. The predicted molar refractivity (Wildman–Crippen MR) is 91.7 cm³/mol. The molecule has 0 aromatic heterocycles. The molecule has 0 heterocycles. The number of benzene rings is 1. The molecule has 0 aliphatic rings. The lowest BCUT2D eigenvalue weighted by Crippen LogP contribution is -2.32. The fraction of sp³-hybridized carbons (Fsp3) is 0.333. The standard InChI is InChI=1S/C15H19ClN4O5/c1-4-24-11-6-9(7-18-19-15(23)14(17)22)5-10(16)13(11)25-8-12(21)20(2)3/h5-7H,4,8H2,1-3H3,(H2,17,22)(H,19,23)/b18-7-. The summed E-state index contributed by atoms with van der Waals surface area (Å²) in [5, 5.41) is 3.79. The van der Waals surface area contributed by atoms with Gasteiger partial charge in [0.25, 0.3) is 5.91 Å². The lowest BCUT2D eigenvalue weighted by atomic mass is 10.2. The van der Waals surface area contributed by atoms with Crippen molar-refractivity contribution in [1.29, 1.82) is 0 Å². The minimum Gasteiger partial charge on any atom is -0.490 e. The van der Waals surface area contributed by atoms with E-state index in [1.165, 1.54) is 17.2 Å². The number of nitrogens with one attached hydrogen (secondary N) is 1. The molecule has 0 unspecified atom stereocenters. The molecular weight excluding hydrogens is 352 g/mol. The van der Waals surface area contributed by atoms with Crippen LogP contribution in [0.2, 0.25) is 5.02 Å². The number of primary amides is 1. The third kappa shape index (κ3) is 6.30. The summed E-state index contributed by atoms with van der Waals surface area (Å²) in [6.07, 6.45) is 1.25. The Morgan fingerprint density at radius 3 is 2.56 bits per heavy atom. The maximum atomic E-state index is 11.6. The third-order valence-corrected chi connectivity index (χ3v) is 3.05. The van der Waals surface area contributed by atoms with Crippen LogP contribution in [-0.2, 0) is 14.4 Å². The van der Waals surface area contributed by atoms with Gasteiger partial charge < -0.3 is 20.1 Å². The van der Waals surface area contributed by atoms with Crippen LogP contribution in [0.3, 0.4) is 0 Å². The van der Waals surface area contributed by atoms with Crippen molar-refractivity contribution in [2.45, 2.75) is 6.92 Å². The van der Waals surface area contributed by atoms with Crippen LogP contribution in [0.25, 0.3) is 0 Å². The molecule has 136 valence electrons. The number of nitrogens with two attached hydrogens (primary N) is 1. The molecule has 25 heavy (non-hydrogen) atoms. The van der Waals surface area contributed by atoms with Gasteiger partial charge in [-0.3, -0.25) is 14.4 Å². The van der Waals surface area contributed by atoms with Crippen molar-refractivity contribution < 1.29 is 23.9 Å². The Labute approximate surface area is 149 Å². The number of halogens is 1. The van der Waals surface area contributed by atoms with E-state index in [1.54, 1.807) is 27.1 Å². The van der Waals surface area contributed by atoms with Gasteiger partial charge in [0.2, 0.25) is 0 Å². The van der Waals surface area contributed by atoms with Crippen molar-refractivity contribution in [3.8, 4) is 11.5 Å². The number of ether oxygens (including phenoxy) is 2. The molecule has 0 radical (unpaired) electrons. The quantitative estimate of drug-likeness (QED) is 0.401. The highest BCUT2D eigenvalue weighted by atomic mass is 35.5. The van der Waals surface area contributed by atoms with Crippen molar-refractivity contribution >= 4 is 35.5 Å². The number of amides is 3. The topological polar surface area (TPSA) is 123 Å². The molecule has 3 N–H and O–H groups in total. The highest BCUT2D eigenvalue weighted by Gasteiger charge is 2.15. The number of likely N-dealkylation sites (N-methyl/N-ethyl adjacent to an activating group) is 1. The molecule has 0 aliphatic heterocycles. The summed E-state index contributed by atoms with van der Waals surface area (Å²) >= 11 is 6.17. The first kappa shape index (κ1) is 20.2. The highest BCUT2D eigenvalue weighted by molar-refractivity contribution is 6.34. The van der Waals surface area contributed by atoms with Crippen LogP contribution >= 0.6 is 11.6 Å². The van der Waals surface area contributed by atoms with E-state index in [1.807, 2.05) is 5.43 Å². The van der Waals surface area contributed by atoms with Gasteiger partial charge in [0.15, 0.2) is 18.1 Å². The van der Waals surface area contributed by atoms with Gasteiger partial charge in [-0.2, -0.15) is 5.10 Å². The first-order valence-electron chi connectivity index (χ1n) is 7.18. The van der Waals surface area contributed by atoms with Crippen LogP contribution in [0.4, 0.5) is 0 Å². The zero-order valence-electron chi connectivity index (χ0n) is 14.0. The summed E-state index contributed by atoms with van der Waals surface area (Å²) in [5.41, 5.74) is 7.22. The van der Waals surface area contributed by atoms with Crippen LogP contribution in [0, 0.1) is 0 Å². The van der Waals surface area contributed by atoms with Crippen LogP contribution in [0.1, 0.15) is 12.5 Å². The average Bonchev–Trinajstić information content (AvgIpc) is 2.53. The van der Waals surface area contributed by atoms with Gasteiger partial charge in [-0.15, -0.1) is 0 Å². The minimum absolute atomic E-state index is 0.195. The first-order chi connectivity index (χ1) is 11.8. The largest absolute Gasteiger partial charge is 0.490 e. The van der Waals surface area contributed by atoms with Gasteiger partial charge >= 0.3 is 11.8 Å². The first-order valence-corrected chi connectivity index (χ1v) is 7.56. The smallest absolute Gasteiger partial charge is 0.329 e. The van der Waals surface area contributed by atoms with E-state index in [-0.39, 0.29) is 23.3 Å². The summed E-state index contributed by atoms with van der Waals surface area (Å²) in [6.45, 7) is 1.92. The van der Waals surface area contributed by atoms with E-state index in [9.17, 15) is 14.4 Å². The minimum atomic E-state index is -1.15. The molecule has 1 aromatic carbocycles. The maximum absolute atomic E-state index is 11.6. The molecule has 9 nitrogen and oxygen atoms in total. The second kappa shape index (κ2) is 9.48. The molecule has 0 aliphatic carbocycles. The van der Waals surface area contributed by atoms with Crippen LogP contribution < -0.4 is 20.6 Å². The van der Waals surface area contributed by atoms with Crippen LogP contribution in [0.15, 0.2) is 17.2 Å². The Morgan fingerprint density at radius 1 is 1.32 bits per heavy atom. The SMILES string of the molecule is CCOc1cc(/C=N\NC(=O)C(N)=O)cc(Cl)c1OCC(=O)N(C)C.